The van der Waals surface area contributed by atoms with Gasteiger partial charge in [0.2, 0.25) is 0 Å². The van der Waals surface area contributed by atoms with Gasteiger partial charge in [0.15, 0.2) is 0 Å². The fraction of sp³-hybridized carbons (Fsp3) is 0.182. The molecule has 3 atom stereocenters. The fourth-order valence-corrected chi connectivity index (χ4v) is 3.57. The van der Waals surface area contributed by atoms with Gasteiger partial charge in [-0.1, -0.05) is 54.6 Å². The van der Waals surface area contributed by atoms with Gasteiger partial charge in [-0.05, 0) is 42.3 Å². The average Bonchev–Trinajstić information content (AvgIpc) is 3.32. The zero-order valence-electron chi connectivity index (χ0n) is 15.0. The molecule has 0 aliphatic carbocycles. The van der Waals surface area contributed by atoms with Crippen molar-refractivity contribution in [3.05, 3.63) is 90.0 Å². The minimum absolute atomic E-state index is 0.0500. The first-order valence-electron chi connectivity index (χ1n) is 9.17. The van der Waals surface area contributed by atoms with Crippen molar-refractivity contribution >= 4 is 11.0 Å². The summed E-state index contributed by atoms with van der Waals surface area (Å²) in [5.41, 5.74) is 5.01. The van der Waals surface area contributed by atoms with Crippen molar-refractivity contribution in [2.75, 3.05) is 0 Å². The molecule has 1 saturated heterocycles. The molecule has 0 spiro atoms. The number of aromatic nitrogens is 3. The topological polar surface area (TPSA) is 52.0 Å². The highest BCUT2D eigenvalue weighted by Gasteiger charge is 2.33. The van der Waals surface area contributed by atoms with Gasteiger partial charge in [-0.15, -0.1) is 10.2 Å². The standard InChI is InChI=1S/C22H20N4O/c1-15-21(16-7-3-2-4-8-16)27-22(23-15)17-11-13-18(14-12-17)26-24-19-9-5-6-10-20(19)25-26/h2-15,21-23H,1H3/t15-,21-,22-/m0/s1. The second-order valence-corrected chi connectivity index (χ2v) is 6.87. The molecule has 5 rings (SSSR count). The largest absolute Gasteiger partial charge is 0.350 e. The third-order valence-electron chi connectivity index (χ3n) is 4.99. The molecule has 1 aliphatic rings. The molecule has 0 bridgehead atoms. The molecule has 134 valence electrons. The Hall–Kier alpha value is -3.02. The van der Waals surface area contributed by atoms with Crippen molar-refractivity contribution < 1.29 is 4.74 Å². The molecular weight excluding hydrogens is 336 g/mol. The maximum atomic E-state index is 6.29. The third-order valence-corrected chi connectivity index (χ3v) is 4.99. The smallest absolute Gasteiger partial charge is 0.135 e. The van der Waals surface area contributed by atoms with Crippen molar-refractivity contribution in [2.24, 2.45) is 0 Å². The maximum Gasteiger partial charge on any atom is 0.135 e. The Kier molecular flexibility index (Phi) is 3.96. The van der Waals surface area contributed by atoms with E-state index in [9.17, 15) is 0 Å². The van der Waals surface area contributed by atoms with Crippen LogP contribution in [0.5, 0.6) is 0 Å². The maximum absolute atomic E-state index is 6.29. The van der Waals surface area contributed by atoms with Gasteiger partial charge in [-0.2, -0.15) is 4.80 Å². The van der Waals surface area contributed by atoms with E-state index in [1.807, 2.05) is 42.5 Å². The summed E-state index contributed by atoms with van der Waals surface area (Å²) < 4.78 is 6.29. The summed E-state index contributed by atoms with van der Waals surface area (Å²) in [6.45, 7) is 2.16. The summed E-state index contributed by atoms with van der Waals surface area (Å²) in [6, 6.07) is 26.7. The lowest BCUT2D eigenvalue weighted by atomic mass is 10.0. The normalized spacial score (nSPS) is 22.3. The van der Waals surface area contributed by atoms with Crippen LogP contribution >= 0.6 is 0 Å². The van der Waals surface area contributed by atoms with E-state index in [1.54, 1.807) is 4.80 Å². The first-order valence-corrected chi connectivity index (χ1v) is 9.17. The number of nitrogens with one attached hydrogen (secondary N) is 1. The van der Waals surface area contributed by atoms with Crippen LogP contribution in [0.4, 0.5) is 0 Å². The lowest BCUT2D eigenvalue weighted by Crippen LogP contribution is -2.23. The van der Waals surface area contributed by atoms with Crippen LogP contribution in [0.25, 0.3) is 16.7 Å². The molecule has 0 saturated carbocycles. The zero-order valence-corrected chi connectivity index (χ0v) is 15.0. The van der Waals surface area contributed by atoms with Crippen LogP contribution in [0.1, 0.15) is 30.4 Å². The molecule has 0 radical (unpaired) electrons. The van der Waals surface area contributed by atoms with E-state index in [1.165, 1.54) is 5.56 Å². The van der Waals surface area contributed by atoms with Gasteiger partial charge in [0.05, 0.1) is 5.69 Å². The van der Waals surface area contributed by atoms with E-state index in [0.29, 0.717) is 0 Å². The number of nitrogens with zero attached hydrogens (tertiary/aromatic N) is 3. The SMILES string of the molecule is C[C@@H]1N[C@H](c2ccc(-n3nc4ccccc4n3)cc2)O[C@@H]1c1ccccc1. The Bertz CT molecular complexity index is 1030. The molecular formula is C22H20N4O. The van der Waals surface area contributed by atoms with E-state index in [4.69, 9.17) is 4.74 Å². The predicted octanol–water partition coefficient (Wildman–Crippen LogP) is 4.17. The lowest BCUT2D eigenvalue weighted by Gasteiger charge is -2.14. The molecule has 1 N–H and O–H groups in total. The first-order chi connectivity index (χ1) is 13.3. The van der Waals surface area contributed by atoms with Gasteiger partial charge in [-0.3, -0.25) is 5.32 Å². The van der Waals surface area contributed by atoms with Crippen molar-refractivity contribution in [1.29, 1.82) is 0 Å². The second kappa shape index (κ2) is 6.61. The van der Waals surface area contributed by atoms with E-state index < -0.39 is 0 Å². The molecule has 0 amide bonds. The molecule has 2 heterocycles. The summed E-state index contributed by atoms with van der Waals surface area (Å²) in [5, 5.41) is 12.6. The predicted molar refractivity (Wildman–Crippen MR) is 104 cm³/mol. The number of ether oxygens (including phenoxy) is 1. The Morgan fingerprint density at radius 1 is 0.778 bits per heavy atom. The summed E-state index contributed by atoms with van der Waals surface area (Å²) >= 11 is 0. The first kappa shape index (κ1) is 16.2. The highest BCUT2D eigenvalue weighted by molar-refractivity contribution is 5.73. The van der Waals surface area contributed by atoms with E-state index in [0.717, 1.165) is 22.3 Å². The van der Waals surface area contributed by atoms with Gasteiger partial charge < -0.3 is 4.74 Å². The minimum atomic E-state index is -0.121. The quantitative estimate of drug-likeness (QED) is 0.599. The van der Waals surface area contributed by atoms with Crippen LogP contribution in [0.15, 0.2) is 78.9 Å². The molecule has 1 aliphatic heterocycles. The Labute approximate surface area is 157 Å². The highest BCUT2D eigenvalue weighted by Crippen LogP contribution is 2.34. The minimum Gasteiger partial charge on any atom is -0.350 e. The van der Waals surface area contributed by atoms with Crippen LogP contribution in [0.2, 0.25) is 0 Å². The summed E-state index contributed by atoms with van der Waals surface area (Å²) in [5.74, 6) is 0. The van der Waals surface area contributed by atoms with E-state index in [2.05, 4.69) is 58.8 Å². The van der Waals surface area contributed by atoms with Crippen molar-refractivity contribution in [3.63, 3.8) is 0 Å². The van der Waals surface area contributed by atoms with Crippen LogP contribution in [-0.4, -0.2) is 21.0 Å². The van der Waals surface area contributed by atoms with Gasteiger partial charge in [0.25, 0.3) is 0 Å². The van der Waals surface area contributed by atoms with E-state index >= 15 is 0 Å². The van der Waals surface area contributed by atoms with E-state index in [-0.39, 0.29) is 18.4 Å². The third kappa shape index (κ3) is 3.01. The lowest BCUT2D eigenvalue weighted by molar-refractivity contribution is 0.0363. The average molecular weight is 356 g/mol. The van der Waals surface area contributed by atoms with Gasteiger partial charge in [-0.25, -0.2) is 0 Å². The second-order valence-electron chi connectivity index (χ2n) is 6.87. The molecule has 0 unspecified atom stereocenters. The van der Waals surface area contributed by atoms with Gasteiger partial charge in [0.1, 0.15) is 23.4 Å². The Morgan fingerprint density at radius 3 is 2.07 bits per heavy atom. The van der Waals surface area contributed by atoms with Gasteiger partial charge in [0, 0.05) is 6.04 Å². The molecule has 1 aromatic heterocycles. The molecule has 27 heavy (non-hydrogen) atoms. The molecule has 5 nitrogen and oxygen atoms in total. The number of benzene rings is 3. The summed E-state index contributed by atoms with van der Waals surface area (Å²) in [6.07, 6.45) is -0.0714. The molecule has 1 fully saturated rings. The van der Waals surface area contributed by atoms with Crippen molar-refractivity contribution in [3.8, 4) is 5.69 Å². The fourth-order valence-electron chi connectivity index (χ4n) is 3.57. The van der Waals surface area contributed by atoms with Crippen LogP contribution in [0.3, 0.4) is 0 Å². The zero-order chi connectivity index (χ0) is 18.2. The van der Waals surface area contributed by atoms with Crippen LogP contribution in [-0.2, 0) is 4.74 Å². The molecule has 4 aromatic rings. The Balaban J connectivity index is 1.37. The Morgan fingerprint density at radius 2 is 1.41 bits per heavy atom. The van der Waals surface area contributed by atoms with Crippen molar-refractivity contribution in [2.45, 2.75) is 25.3 Å². The number of hydrogen-bond donors (Lipinski definition) is 1. The summed E-state index contributed by atoms with van der Waals surface area (Å²) in [4.78, 5) is 1.67. The number of rotatable bonds is 3. The van der Waals surface area contributed by atoms with Crippen LogP contribution < -0.4 is 5.32 Å². The van der Waals surface area contributed by atoms with Gasteiger partial charge >= 0.3 is 0 Å². The van der Waals surface area contributed by atoms with Crippen molar-refractivity contribution in [1.82, 2.24) is 20.3 Å². The van der Waals surface area contributed by atoms with Crippen LogP contribution in [0, 0.1) is 0 Å². The monoisotopic (exact) mass is 356 g/mol. The molecule has 5 heteroatoms. The highest BCUT2D eigenvalue weighted by atomic mass is 16.5. The molecule has 3 aromatic carbocycles. The number of hydrogen-bond acceptors (Lipinski definition) is 4. The summed E-state index contributed by atoms with van der Waals surface area (Å²) in [7, 11) is 0. The number of fused-ring (bicyclic) bond motifs is 1.